The SMILES string of the molecule is FC(F)(F)[Se][Si]([Se]C(F)(F)F)([Se]C(F)(F)F)[Se]C(F)(F)F. The molecule has 0 amide bonds. The van der Waals surface area contributed by atoms with Gasteiger partial charge in [-0.25, -0.2) is 0 Å². The van der Waals surface area contributed by atoms with Gasteiger partial charge < -0.3 is 0 Å². The molecule has 0 heterocycles. The van der Waals surface area contributed by atoms with Crippen LogP contribution >= 0.6 is 0 Å². The summed E-state index contributed by atoms with van der Waals surface area (Å²) < 4.78 is 142. The van der Waals surface area contributed by atoms with Crippen LogP contribution in [-0.4, -0.2) is 80.1 Å². The van der Waals surface area contributed by atoms with Crippen LogP contribution in [0.15, 0.2) is 0 Å². The van der Waals surface area contributed by atoms with Gasteiger partial charge in [0.25, 0.3) is 0 Å². The molecule has 17 heteroatoms. The topological polar surface area (TPSA) is 0 Å². The standard InChI is InChI=1S/C4F12Se4Si/c5-1(6,7)17-21(18-2(8,9)10,19-3(11,12)13)20-4(14,15)16. The van der Waals surface area contributed by atoms with Gasteiger partial charge in [0.15, 0.2) is 0 Å². The predicted octanol–water partition coefficient (Wildman–Crippen LogP) is 2.32. The van der Waals surface area contributed by atoms with E-state index in [2.05, 4.69) is 0 Å². The predicted molar refractivity (Wildman–Crippen MR) is 53.0 cm³/mol. The summed E-state index contributed by atoms with van der Waals surface area (Å²) in [5.41, 5.74) is 0. The Bertz CT molecular complexity index is 270. The minimum absolute atomic E-state index is 3.29. The van der Waals surface area contributed by atoms with E-state index in [0.29, 0.717) is 0 Å². The zero-order chi connectivity index (χ0) is 17.3. The normalized spacial score (nSPS) is 15.4. The molecule has 0 rings (SSSR count). The summed E-state index contributed by atoms with van der Waals surface area (Å²) in [6, 6.07) is 0. The fourth-order valence-electron chi connectivity index (χ4n) is 0.692. The molecule has 0 atom stereocenters. The zero-order valence-electron chi connectivity index (χ0n) is 8.67. The van der Waals surface area contributed by atoms with E-state index in [-0.39, 0.29) is 0 Å². The molecule has 0 radical (unpaired) electrons. The number of halogens is 12. The fraction of sp³-hybridized carbons (Fsp3) is 1.00. The second-order valence-electron chi connectivity index (χ2n) is 2.69. The maximum absolute atomic E-state index is 12.3. The van der Waals surface area contributed by atoms with E-state index in [1.807, 2.05) is 0 Å². The van der Waals surface area contributed by atoms with Gasteiger partial charge in [-0.15, -0.1) is 0 Å². The van der Waals surface area contributed by atoms with Gasteiger partial charge in [-0.2, -0.15) is 0 Å². The average molecular weight is 620 g/mol. The van der Waals surface area contributed by atoms with E-state index < -0.39 is 80.1 Å². The van der Waals surface area contributed by atoms with E-state index in [1.165, 1.54) is 0 Å². The van der Waals surface area contributed by atoms with Crippen LogP contribution < -0.4 is 0 Å². The Balaban J connectivity index is 5.70. The zero-order valence-corrected chi connectivity index (χ0v) is 16.5. The molecule has 0 saturated carbocycles. The molecule has 0 aromatic heterocycles. The van der Waals surface area contributed by atoms with Crippen LogP contribution in [0.3, 0.4) is 0 Å². The van der Waals surface area contributed by atoms with Crippen LogP contribution in [0.2, 0.25) is 0 Å². The summed E-state index contributed by atoms with van der Waals surface area (Å²) in [6.07, 6.45) is 0. The van der Waals surface area contributed by atoms with Crippen LogP contribution in [0.4, 0.5) is 52.7 Å². The number of hydrogen-bond donors (Lipinski definition) is 0. The molecule has 0 nitrogen and oxygen atoms in total. The first-order valence-corrected chi connectivity index (χ1v) is 19.2. The van der Waals surface area contributed by atoms with Crippen LogP contribution in [0.1, 0.15) is 0 Å². The van der Waals surface area contributed by atoms with Crippen LogP contribution in [0, 0.1) is 0 Å². The summed E-state index contributed by atoms with van der Waals surface area (Å²) in [5, 5.41) is -21.8. The first kappa shape index (κ1) is 22.5. The van der Waals surface area contributed by atoms with Gasteiger partial charge in [0.2, 0.25) is 0 Å². The first-order chi connectivity index (χ1) is 8.83. The Hall–Kier alpha value is 1.45. The Labute approximate surface area is 132 Å². The molecular formula is C4F12Se4Si. The van der Waals surface area contributed by atoms with Crippen molar-refractivity contribution in [3.63, 3.8) is 0 Å². The van der Waals surface area contributed by atoms with Crippen molar-refractivity contribution >= 4 is 59.8 Å². The van der Waals surface area contributed by atoms with Gasteiger partial charge in [0.05, 0.1) is 0 Å². The molecule has 0 aliphatic carbocycles. The Morgan fingerprint density at radius 1 is 0.381 bits per heavy atom. The molecule has 0 fully saturated rings. The summed E-state index contributed by atoms with van der Waals surface area (Å²) in [6.45, 7) is 0. The van der Waals surface area contributed by atoms with Crippen LogP contribution in [0.5, 0.6) is 0 Å². The fourth-order valence-corrected chi connectivity index (χ4v) is 56.0. The van der Waals surface area contributed by atoms with Crippen molar-refractivity contribution in [2.24, 2.45) is 0 Å². The van der Waals surface area contributed by atoms with Gasteiger partial charge in [-0.1, -0.05) is 0 Å². The van der Waals surface area contributed by atoms with Gasteiger partial charge in [-0.05, 0) is 0 Å². The second-order valence-corrected chi connectivity index (χ2v) is 52.5. The average Bonchev–Trinajstić information content (AvgIpc) is 1.83. The van der Waals surface area contributed by atoms with Gasteiger partial charge in [-0.3, -0.25) is 0 Å². The summed E-state index contributed by atoms with van der Waals surface area (Å²) in [5.74, 6) is 0. The summed E-state index contributed by atoms with van der Waals surface area (Å²) >= 11 is -13.2. The molecule has 0 aliphatic heterocycles. The van der Waals surface area contributed by atoms with E-state index in [1.54, 1.807) is 0 Å². The molecule has 0 unspecified atom stereocenters. The number of rotatable bonds is 4. The molecule has 128 valence electrons. The molecule has 0 bridgehead atoms. The van der Waals surface area contributed by atoms with Crippen LogP contribution in [-0.2, 0) is 0 Å². The van der Waals surface area contributed by atoms with Crippen LogP contribution in [0.25, 0.3) is 0 Å². The van der Waals surface area contributed by atoms with E-state index in [4.69, 9.17) is 0 Å². The van der Waals surface area contributed by atoms with Crippen molar-refractivity contribution in [3.05, 3.63) is 0 Å². The molecule has 0 N–H and O–H groups in total. The van der Waals surface area contributed by atoms with E-state index in [0.717, 1.165) is 0 Å². The Morgan fingerprint density at radius 3 is 0.619 bits per heavy atom. The van der Waals surface area contributed by atoms with Crippen molar-refractivity contribution < 1.29 is 52.7 Å². The molecule has 21 heavy (non-hydrogen) atoms. The monoisotopic (exact) mass is 624 g/mol. The quantitative estimate of drug-likeness (QED) is 0.335. The first-order valence-electron chi connectivity index (χ1n) is 3.90. The Morgan fingerprint density at radius 2 is 0.524 bits per heavy atom. The third-order valence-corrected chi connectivity index (χ3v) is 47.7. The van der Waals surface area contributed by atoms with Crippen molar-refractivity contribution in [2.45, 2.75) is 20.3 Å². The minimum atomic E-state index is -5.59. The molecule has 0 aliphatic rings. The molecule has 0 saturated heterocycles. The van der Waals surface area contributed by atoms with Crippen molar-refractivity contribution in [3.8, 4) is 0 Å². The molecule has 0 aromatic carbocycles. The Kier molecular flexibility index (Phi) is 7.64. The number of alkyl halides is 12. The third-order valence-electron chi connectivity index (χ3n) is 0.963. The summed E-state index contributed by atoms with van der Waals surface area (Å²) in [4.78, 5) is 0. The molecule has 0 aromatic rings. The van der Waals surface area contributed by atoms with Crippen molar-refractivity contribution in [2.75, 3.05) is 0 Å². The maximum atomic E-state index is 12.3. The van der Waals surface area contributed by atoms with Crippen molar-refractivity contribution in [1.82, 2.24) is 0 Å². The molecular weight excluding hydrogens is 620 g/mol. The van der Waals surface area contributed by atoms with E-state index >= 15 is 0 Å². The third kappa shape index (κ3) is 12.5. The number of hydrogen-bond acceptors (Lipinski definition) is 0. The van der Waals surface area contributed by atoms with E-state index in [9.17, 15) is 52.7 Å². The summed E-state index contributed by atoms with van der Waals surface area (Å²) in [7, 11) is 0. The van der Waals surface area contributed by atoms with Crippen molar-refractivity contribution in [1.29, 1.82) is 0 Å². The van der Waals surface area contributed by atoms with Gasteiger partial charge >= 0.3 is 133 Å². The van der Waals surface area contributed by atoms with Gasteiger partial charge in [0.1, 0.15) is 0 Å². The molecule has 0 spiro atoms. The second kappa shape index (κ2) is 7.14. The van der Waals surface area contributed by atoms with Gasteiger partial charge in [0, 0.05) is 0 Å².